The molecule has 0 saturated carbocycles. The number of hydrogen-bond donors (Lipinski definition) is 1. The van der Waals surface area contributed by atoms with Crippen molar-refractivity contribution >= 4 is 33.1 Å². The van der Waals surface area contributed by atoms with Crippen LogP contribution in [-0.4, -0.2) is 35.1 Å². The van der Waals surface area contributed by atoms with Crippen LogP contribution in [0.5, 0.6) is 0 Å². The molecule has 0 radical (unpaired) electrons. The van der Waals surface area contributed by atoms with Gasteiger partial charge in [0.1, 0.15) is 0 Å². The van der Waals surface area contributed by atoms with Gasteiger partial charge in [-0.1, -0.05) is 12.2 Å². The molecular formula is C8H7N3O3S2. The zero-order valence-corrected chi connectivity index (χ0v) is 9.59. The molecule has 0 bridgehead atoms. The molecule has 1 amide bonds. The van der Waals surface area contributed by atoms with Crippen molar-refractivity contribution < 1.29 is 13.2 Å². The minimum atomic E-state index is -3.89. The molecular weight excluding hydrogens is 250 g/mol. The lowest BCUT2D eigenvalue weighted by Crippen LogP contribution is -2.37. The Morgan fingerprint density at radius 2 is 2.25 bits per heavy atom. The summed E-state index contributed by atoms with van der Waals surface area (Å²) in [7, 11) is -3.89. The van der Waals surface area contributed by atoms with Gasteiger partial charge in [-0.3, -0.25) is 4.79 Å². The molecule has 0 unspecified atom stereocenters. The number of nitrogens with two attached hydrogens (primary N) is 1. The maximum atomic E-state index is 11.9. The van der Waals surface area contributed by atoms with Gasteiger partial charge in [-0.25, -0.2) is 9.29 Å². The van der Waals surface area contributed by atoms with Crippen LogP contribution in [-0.2, 0) is 10.0 Å². The maximum Gasteiger partial charge on any atom is 0.285 e. The second-order valence-electron chi connectivity index (χ2n) is 3.14. The zero-order chi connectivity index (χ0) is 11.9. The number of fused-ring (bicyclic) bond motifs is 1. The third kappa shape index (κ3) is 1.46. The van der Waals surface area contributed by atoms with Gasteiger partial charge < -0.3 is 5.73 Å². The average Bonchev–Trinajstić information content (AvgIpc) is 2.41. The lowest BCUT2D eigenvalue weighted by molar-refractivity contribution is 0.0883. The summed E-state index contributed by atoms with van der Waals surface area (Å²) in [6.45, 7) is -0.299. The summed E-state index contributed by atoms with van der Waals surface area (Å²) in [4.78, 5) is 15.4. The topological polar surface area (TPSA) is 93.4 Å². The fraction of sp³-hybridized carbons (Fsp3) is 0.125. The van der Waals surface area contributed by atoms with Crippen molar-refractivity contribution in [1.82, 2.24) is 9.29 Å². The molecule has 0 fully saturated rings. The molecule has 0 spiro atoms. The van der Waals surface area contributed by atoms with E-state index in [0.29, 0.717) is 4.31 Å². The Morgan fingerprint density at radius 3 is 2.81 bits per heavy atom. The van der Waals surface area contributed by atoms with Gasteiger partial charge in [-0.2, -0.15) is 8.42 Å². The summed E-state index contributed by atoms with van der Waals surface area (Å²) in [6.07, 6.45) is 1.31. The number of aromatic nitrogens is 1. The van der Waals surface area contributed by atoms with Crippen LogP contribution in [0.25, 0.3) is 0 Å². The molecule has 6 nitrogen and oxygen atoms in total. The third-order valence-electron chi connectivity index (χ3n) is 2.06. The molecule has 0 saturated heterocycles. The summed E-state index contributed by atoms with van der Waals surface area (Å²) in [5.74, 6) is -0.643. The van der Waals surface area contributed by atoms with Crippen LogP contribution in [0.15, 0.2) is 23.4 Å². The van der Waals surface area contributed by atoms with E-state index in [2.05, 4.69) is 17.2 Å². The van der Waals surface area contributed by atoms with Gasteiger partial charge >= 0.3 is 0 Å². The van der Waals surface area contributed by atoms with Crippen LogP contribution in [0, 0.1) is 0 Å². The SMILES string of the molecule is NC(=S)CN1C(=O)c2cccnc2S1(=O)=O. The first kappa shape index (κ1) is 11.0. The van der Waals surface area contributed by atoms with E-state index >= 15 is 0 Å². The molecule has 1 aliphatic rings. The lowest BCUT2D eigenvalue weighted by atomic mass is 10.3. The van der Waals surface area contributed by atoms with Crippen LogP contribution < -0.4 is 5.73 Å². The van der Waals surface area contributed by atoms with Crippen LogP contribution in [0.4, 0.5) is 0 Å². The first-order chi connectivity index (χ1) is 7.44. The maximum absolute atomic E-state index is 11.9. The van der Waals surface area contributed by atoms with Gasteiger partial charge in [-0.05, 0) is 12.1 Å². The zero-order valence-electron chi connectivity index (χ0n) is 7.95. The Labute approximate surface area is 97.1 Å². The Morgan fingerprint density at radius 1 is 1.56 bits per heavy atom. The summed E-state index contributed by atoms with van der Waals surface area (Å²) >= 11 is 4.60. The summed E-state index contributed by atoms with van der Waals surface area (Å²) < 4.78 is 24.3. The van der Waals surface area contributed by atoms with Crippen LogP contribution in [0.3, 0.4) is 0 Å². The molecule has 16 heavy (non-hydrogen) atoms. The van der Waals surface area contributed by atoms with E-state index in [9.17, 15) is 13.2 Å². The van der Waals surface area contributed by atoms with Gasteiger partial charge in [0, 0.05) is 6.20 Å². The highest BCUT2D eigenvalue weighted by Crippen LogP contribution is 2.27. The Kier molecular flexibility index (Phi) is 2.39. The van der Waals surface area contributed by atoms with Crippen molar-refractivity contribution in [3.8, 4) is 0 Å². The molecule has 2 heterocycles. The van der Waals surface area contributed by atoms with Crippen LogP contribution in [0.2, 0.25) is 0 Å². The number of sulfonamides is 1. The predicted octanol–water partition coefficient (Wildman–Crippen LogP) is -0.488. The highest BCUT2D eigenvalue weighted by atomic mass is 32.2. The Bertz CT molecular complexity index is 582. The van der Waals surface area contributed by atoms with E-state index in [4.69, 9.17) is 5.73 Å². The van der Waals surface area contributed by atoms with Crippen LogP contribution >= 0.6 is 12.2 Å². The molecule has 1 aromatic heterocycles. The van der Waals surface area contributed by atoms with Crippen molar-refractivity contribution in [2.75, 3.05) is 6.54 Å². The second-order valence-corrected chi connectivity index (χ2v) is 5.44. The number of rotatable bonds is 2. The average molecular weight is 257 g/mol. The largest absolute Gasteiger partial charge is 0.392 e. The Hall–Kier alpha value is -1.54. The lowest BCUT2D eigenvalue weighted by Gasteiger charge is -2.12. The number of carbonyl (C=O) groups excluding carboxylic acids is 1. The van der Waals surface area contributed by atoms with E-state index in [1.165, 1.54) is 18.3 Å². The second kappa shape index (κ2) is 3.49. The molecule has 2 rings (SSSR count). The highest BCUT2D eigenvalue weighted by molar-refractivity contribution is 7.90. The van der Waals surface area contributed by atoms with Gasteiger partial charge in [0.2, 0.25) is 0 Å². The minimum Gasteiger partial charge on any atom is -0.392 e. The molecule has 1 aromatic rings. The van der Waals surface area contributed by atoms with E-state index in [-0.39, 0.29) is 22.1 Å². The van der Waals surface area contributed by atoms with Gasteiger partial charge in [-0.15, -0.1) is 0 Å². The standard InChI is InChI=1S/C8H7N3O3S2/c9-6(15)4-11-8(12)5-2-1-3-10-7(5)16(11,13)14/h1-3H,4H2,(H2,9,15). The first-order valence-electron chi connectivity index (χ1n) is 4.25. The first-order valence-corrected chi connectivity index (χ1v) is 6.10. The van der Waals surface area contributed by atoms with E-state index in [0.717, 1.165) is 0 Å². The van der Waals surface area contributed by atoms with Gasteiger partial charge in [0.05, 0.1) is 17.1 Å². The molecule has 0 atom stereocenters. The van der Waals surface area contributed by atoms with E-state index < -0.39 is 15.9 Å². The minimum absolute atomic E-state index is 0.0544. The van der Waals surface area contributed by atoms with E-state index in [1.54, 1.807) is 0 Å². The van der Waals surface area contributed by atoms with Crippen LogP contribution in [0.1, 0.15) is 10.4 Å². The Balaban J connectivity index is 2.58. The number of pyridine rings is 1. The molecule has 84 valence electrons. The molecule has 1 aliphatic heterocycles. The normalized spacial score (nSPS) is 17.2. The molecule has 0 aromatic carbocycles. The fourth-order valence-corrected chi connectivity index (χ4v) is 3.08. The fourth-order valence-electron chi connectivity index (χ4n) is 1.41. The predicted molar refractivity (Wildman–Crippen MR) is 59.2 cm³/mol. The van der Waals surface area contributed by atoms with Crippen molar-refractivity contribution in [3.63, 3.8) is 0 Å². The van der Waals surface area contributed by atoms with Gasteiger partial charge in [0.25, 0.3) is 15.9 Å². The van der Waals surface area contributed by atoms with Crippen molar-refractivity contribution in [2.24, 2.45) is 5.73 Å². The molecule has 2 N–H and O–H groups in total. The molecule has 8 heteroatoms. The number of nitrogens with zero attached hydrogens (tertiary/aromatic N) is 2. The van der Waals surface area contributed by atoms with Gasteiger partial charge in [0.15, 0.2) is 5.03 Å². The number of thiocarbonyl (C=S) groups is 1. The number of hydrogen-bond acceptors (Lipinski definition) is 5. The monoisotopic (exact) mass is 257 g/mol. The van der Waals surface area contributed by atoms with Crippen molar-refractivity contribution in [2.45, 2.75) is 5.03 Å². The number of carbonyl (C=O) groups is 1. The summed E-state index contributed by atoms with van der Waals surface area (Å²) in [5, 5.41) is -0.240. The summed E-state index contributed by atoms with van der Waals surface area (Å²) in [5.41, 5.74) is 5.30. The highest BCUT2D eigenvalue weighted by Gasteiger charge is 2.42. The number of amides is 1. The smallest absolute Gasteiger partial charge is 0.285 e. The summed E-state index contributed by atoms with van der Waals surface area (Å²) in [6, 6.07) is 2.90. The van der Waals surface area contributed by atoms with E-state index in [1.807, 2.05) is 0 Å². The molecule has 0 aliphatic carbocycles. The third-order valence-corrected chi connectivity index (χ3v) is 3.88. The van der Waals surface area contributed by atoms with Crippen molar-refractivity contribution in [1.29, 1.82) is 0 Å². The van der Waals surface area contributed by atoms with Crippen molar-refractivity contribution in [3.05, 3.63) is 23.9 Å². The quantitative estimate of drug-likeness (QED) is 0.719.